The molecule has 2 nitrogen and oxygen atoms in total. The second-order valence-corrected chi connectivity index (χ2v) is 2.89. The molecule has 0 aliphatic carbocycles. The van der Waals surface area contributed by atoms with E-state index in [0.717, 1.165) is 0 Å². The van der Waals surface area contributed by atoms with Crippen LogP contribution in [0.4, 0.5) is 96.9 Å². The van der Waals surface area contributed by atoms with Gasteiger partial charge in [0.2, 0.25) is 27.6 Å². The van der Waals surface area contributed by atoms with Crippen LogP contribution in [0.1, 0.15) is 0 Å². The summed E-state index contributed by atoms with van der Waals surface area (Å²) >= 11 is 0. The highest BCUT2D eigenvalue weighted by molar-refractivity contribution is 4.41. The molecular weight excluding hydrogens is 594 g/mol. The molecule has 0 saturated heterocycles. The van der Waals surface area contributed by atoms with Crippen molar-refractivity contribution in [1.82, 2.24) is 0 Å². The van der Waals surface area contributed by atoms with Crippen LogP contribution < -0.4 is 0 Å². The third kappa shape index (κ3) is 362. The Morgan fingerprint density at radius 1 is 0.417 bits per heavy atom. The Bertz CT molecular complexity index is 250. The van der Waals surface area contributed by atoms with E-state index < -0.39 is 66.1 Å². The van der Waals surface area contributed by atoms with Gasteiger partial charge in [-0.3, -0.25) is 8.78 Å². The van der Waals surface area contributed by atoms with Crippen molar-refractivity contribution in [3.05, 3.63) is 0 Å². The normalized spacial score (nSPS) is 9.00. The smallest absolute Gasteiger partial charge is 0.255 e. The van der Waals surface area contributed by atoms with Gasteiger partial charge < -0.3 is 0 Å². The van der Waals surface area contributed by atoms with Gasteiger partial charge >= 0.3 is 18.5 Å². The molecule has 0 saturated carbocycles. The molecule has 0 spiro atoms. The Balaban J connectivity index is -0.0000000337. The van der Waals surface area contributed by atoms with Gasteiger partial charge in [-0.05, 0) is 9.05 Å². The monoisotopic (exact) mass is 614 g/mol. The number of hydrogen-bond donors (Lipinski definition) is 0. The van der Waals surface area contributed by atoms with Crippen LogP contribution >= 0.6 is 0 Å². The molecule has 0 amide bonds. The molecule has 24 heteroatoms. The minimum atomic E-state index is -4.62. The summed E-state index contributed by atoms with van der Waals surface area (Å²) in [4.78, 5) is 4.66. The second kappa shape index (κ2) is 54.3. The molecule has 0 aromatic heterocycles. The molecule has 0 heterocycles. The Kier molecular flexibility index (Phi) is 89.8. The number of hydrogen-bond acceptors (Lipinski definition) is 2. The van der Waals surface area contributed by atoms with Crippen LogP contribution in [0.3, 0.4) is 0 Å². The van der Waals surface area contributed by atoms with Crippen LogP contribution in [0, 0.1) is 0 Å². The van der Waals surface area contributed by atoms with E-state index in [-0.39, 0.29) is 0 Å². The van der Waals surface area contributed by atoms with Crippen molar-refractivity contribution in [3.8, 4) is 0 Å². The first-order valence-corrected chi connectivity index (χ1v) is 6.81. The van der Waals surface area contributed by atoms with Crippen LogP contribution in [0.2, 0.25) is 0 Å². The molecule has 0 fully saturated rings. The number of rotatable bonds is 2. The lowest BCUT2D eigenvalue weighted by Crippen LogP contribution is -2.13. The van der Waals surface area contributed by atoms with E-state index in [1.807, 2.05) is 0 Å². The zero-order chi connectivity index (χ0) is 31.9. The van der Waals surface area contributed by atoms with Gasteiger partial charge in [-0.15, -0.1) is 0 Å². The summed E-state index contributed by atoms with van der Waals surface area (Å²) in [5.74, 6) is 0. The third-order valence-corrected chi connectivity index (χ3v) is 0.563. The summed E-state index contributed by atoms with van der Waals surface area (Å²) < 4.78 is 222. The summed E-state index contributed by atoms with van der Waals surface area (Å²) in [5, 5.41) is 0. The topological polar surface area (TPSA) is 18.5 Å². The average Bonchev–Trinajstić information content (AvgIpc) is 2.77. The summed E-state index contributed by atoms with van der Waals surface area (Å²) in [6.45, 7) is -12.9. The molecule has 0 bridgehead atoms. The molecule has 0 atom stereocenters. The maximum atomic E-state index is 10.7. The van der Waals surface area contributed by atoms with Crippen molar-refractivity contribution >= 4 is 0 Å². The van der Waals surface area contributed by atoms with E-state index in [1.165, 1.54) is 0 Å². The van der Waals surface area contributed by atoms with E-state index in [9.17, 15) is 96.9 Å². The van der Waals surface area contributed by atoms with Crippen LogP contribution in [-0.2, 0) is 9.88 Å². The van der Waals surface area contributed by atoms with Gasteiger partial charge in [-0.2, -0.15) is 49.4 Å². The first-order valence-electron chi connectivity index (χ1n) is 6.81. The molecule has 36 heavy (non-hydrogen) atoms. The predicted octanol–water partition coefficient (Wildman–Crippen LogP) is 9.12. The molecular formula is C12H20F22O2. The summed E-state index contributed by atoms with van der Waals surface area (Å²) in [6.07, 6.45) is -13.8. The molecule has 0 aromatic carbocycles. The molecule has 0 aliphatic heterocycles. The van der Waals surface area contributed by atoms with Crippen LogP contribution in [0.15, 0.2) is 0 Å². The van der Waals surface area contributed by atoms with Crippen molar-refractivity contribution in [2.75, 3.05) is 62.0 Å². The average molecular weight is 614 g/mol. The highest BCUT2D eigenvalue weighted by Crippen LogP contribution is 2.14. The molecule has 0 aliphatic rings. The van der Waals surface area contributed by atoms with Gasteiger partial charge in [0.25, 0.3) is 0 Å². The fourth-order valence-electron chi connectivity index (χ4n) is 0.0619. The fraction of sp³-hybridized carbons (Fsp3) is 1.00. The van der Waals surface area contributed by atoms with E-state index >= 15 is 0 Å². The van der Waals surface area contributed by atoms with Crippen molar-refractivity contribution in [1.29, 1.82) is 0 Å². The summed E-state index contributed by atoms with van der Waals surface area (Å²) in [6, 6.07) is 0. The molecule has 234 valence electrons. The Morgan fingerprint density at radius 3 is 0.556 bits per heavy atom. The Labute approximate surface area is 188 Å². The number of alkyl halides is 20. The van der Waals surface area contributed by atoms with Gasteiger partial charge in [0.1, 0.15) is 0 Å². The van der Waals surface area contributed by atoms with Gasteiger partial charge in [-0.1, -0.05) is 0 Å². The summed E-state index contributed by atoms with van der Waals surface area (Å²) in [5.41, 5.74) is 0. The minimum Gasteiger partial charge on any atom is -0.255 e. The first-order chi connectivity index (χ1) is 16.3. The largest absolute Gasteiger partial charge is 0.416 e. The van der Waals surface area contributed by atoms with Crippen LogP contribution in [0.5, 0.6) is 0 Å². The van der Waals surface area contributed by atoms with Crippen LogP contribution in [-0.4, -0.2) is 80.5 Å². The quantitative estimate of drug-likeness (QED) is 0.289. The van der Waals surface area contributed by atoms with Crippen molar-refractivity contribution in [2.45, 2.75) is 18.5 Å². The second-order valence-electron chi connectivity index (χ2n) is 2.89. The molecule has 0 rings (SSSR count). The van der Waals surface area contributed by atoms with Crippen LogP contribution in [0.25, 0.3) is 0 Å². The predicted molar refractivity (Wildman–Crippen MR) is 80.7 cm³/mol. The van der Waals surface area contributed by atoms with Crippen molar-refractivity contribution < 1.29 is 107 Å². The number of halogens is 22. The molecule has 0 radical (unpaired) electrons. The third-order valence-electron chi connectivity index (χ3n) is 0.563. The summed E-state index contributed by atoms with van der Waals surface area (Å²) in [7, 11) is 1.00. The molecule has 0 unspecified atom stereocenters. The highest BCUT2D eigenvalue weighted by atomic mass is 19.4. The van der Waals surface area contributed by atoms with E-state index in [4.69, 9.17) is 0 Å². The highest BCUT2D eigenvalue weighted by Gasteiger charge is 2.28. The first kappa shape index (κ1) is 59.5. The van der Waals surface area contributed by atoms with Gasteiger partial charge in [0.15, 0.2) is 20.0 Å². The fourth-order valence-corrected chi connectivity index (χ4v) is 0.0619. The SMILES string of the molecule is CF.CF.FCC(F)(F)F.FCC(F)(F)F.FCF.FCF.FCF.FCOF.FOCC(F)(F)F. The Morgan fingerprint density at radius 2 is 0.556 bits per heavy atom. The standard InChI is InChI=1S/C2H2F4O.2C2H2F4.CH2F2O.3CH2F2.2CH3F/c3-2(4,5)1-7-6;2*3-1-2(4,5)6;2-1-4-3;3*2-1-3;2*1-2/h1H2;2*1H2;1H2;3*1H2;2*1H3. The van der Waals surface area contributed by atoms with E-state index in [1.54, 1.807) is 0 Å². The lowest BCUT2D eigenvalue weighted by molar-refractivity contribution is -0.245. The maximum Gasteiger partial charge on any atom is 0.416 e. The maximum absolute atomic E-state index is 10.7. The minimum absolute atomic E-state index is 0.500. The zero-order valence-corrected chi connectivity index (χ0v) is 17.6. The van der Waals surface area contributed by atoms with E-state index in [2.05, 4.69) is 9.88 Å². The lowest BCUT2D eigenvalue weighted by atomic mass is 10.7. The lowest BCUT2D eigenvalue weighted by Gasteiger charge is -1.97. The van der Waals surface area contributed by atoms with Gasteiger partial charge in [-0.25, -0.2) is 39.5 Å². The van der Waals surface area contributed by atoms with Crippen molar-refractivity contribution in [3.63, 3.8) is 0 Å². The molecule has 0 N–H and O–H groups in total. The van der Waals surface area contributed by atoms with Gasteiger partial charge in [0, 0.05) is 0 Å². The Hall–Kier alpha value is -1.62. The van der Waals surface area contributed by atoms with Gasteiger partial charge in [0.05, 0.1) is 14.4 Å². The van der Waals surface area contributed by atoms with Crippen molar-refractivity contribution in [2.24, 2.45) is 0 Å². The van der Waals surface area contributed by atoms with E-state index in [0.29, 0.717) is 14.4 Å². The molecule has 0 aromatic rings. The zero-order valence-electron chi connectivity index (χ0n) is 17.6.